The maximum atomic E-state index is 12.8. The van der Waals surface area contributed by atoms with Crippen LogP contribution >= 0.6 is 27.7 Å². The third kappa shape index (κ3) is 1.68. The number of hydrogen-bond donors (Lipinski definition) is 1. The summed E-state index contributed by atoms with van der Waals surface area (Å²) in [5.41, 5.74) is 0. The summed E-state index contributed by atoms with van der Waals surface area (Å²) < 4.78 is 13.3. The predicted molar refractivity (Wildman–Crippen MR) is 47.5 cm³/mol. The minimum atomic E-state index is -0.391. The topological polar surface area (TPSA) is 20.2 Å². The minimum absolute atomic E-state index is 0.0301. The Bertz CT molecular complexity index is 277. The van der Waals surface area contributed by atoms with Crippen LogP contribution in [-0.2, 0) is 0 Å². The molecule has 0 bridgehead atoms. The van der Waals surface area contributed by atoms with Gasteiger partial charge in [-0.05, 0) is 34.3 Å². The summed E-state index contributed by atoms with van der Waals surface area (Å²) in [6.07, 6.45) is 1.71. The third-order valence-electron chi connectivity index (χ3n) is 1.24. The minimum Gasteiger partial charge on any atom is -0.505 e. The molecule has 0 amide bonds. The molecule has 0 spiro atoms. The number of benzene rings is 1. The zero-order valence-corrected chi connectivity index (χ0v) is 8.17. The molecule has 0 saturated carbocycles. The first-order chi connectivity index (χ1) is 5.16. The Labute approximate surface area is 76.7 Å². The summed E-state index contributed by atoms with van der Waals surface area (Å²) in [4.78, 5) is 0.277. The van der Waals surface area contributed by atoms with Crippen LogP contribution in [0.4, 0.5) is 4.39 Å². The Kier molecular flexibility index (Phi) is 2.78. The second kappa shape index (κ2) is 3.45. The van der Waals surface area contributed by atoms with Crippen molar-refractivity contribution in [3.63, 3.8) is 0 Å². The van der Waals surface area contributed by atoms with Crippen LogP contribution in [0.2, 0.25) is 0 Å². The van der Waals surface area contributed by atoms with Gasteiger partial charge in [0.1, 0.15) is 11.6 Å². The number of rotatable bonds is 1. The number of phenolic OH excluding ortho intramolecular Hbond substituents is 1. The van der Waals surface area contributed by atoms with Crippen molar-refractivity contribution in [2.45, 2.75) is 4.90 Å². The zero-order chi connectivity index (χ0) is 8.43. The van der Waals surface area contributed by atoms with Crippen LogP contribution in [0.25, 0.3) is 0 Å². The Morgan fingerprint density at radius 3 is 2.64 bits per heavy atom. The second-order valence-electron chi connectivity index (χ2n) is 1.91. The van der Waals surface area contributed by atoms with Gasteiger partial charge in [0.05, 0.1) is 9.37 Å². The maximum absolute atomic E-state index is 12.8. The van der Waals surface area contributed by atoms with Crippen molar-refractivity contribution in [1.82, 2.24) is 0 Å². The highest BCUT2D eigenvalue weighted by Crippen LogP contribution is 2.35. The summed E-state index contributed by atoms with van der Waals surface area (Å²) in [5.74, 6) is -0.421. The standard InChI is InChI=1S/C7H6BrFOS/c1-11-7-5(9)3-2-4(8)6(7)10/h2-3,10H,1H3. The Morgan fingerprint density at radius 1 is 1.55 bits per heavy atom. The van der Waals surface area contributed by atoms with E-state index in [2.05, 4.69) is 15.9 Å². The van der Waals surface area contributed by atoms with Crippen LogP contribution in [0.3, 0.4) is 0 Å². The van der Waals surface area contributed by atoms with Crippen LogP contribution in [0.15, 0.2) is 21.5 Å². The molecule has 0 fully saturated rings. The SMILES string of the molecule is CSc1c(F)ccc(Br)c1O. The lowest BCUT2D eigenvalue weighted by molar-refractivity contribution is 0.446. The lowest BCUT2D eigenvalue weighted by atomic mass is 10.3. The first-order valence-electron chi connectivity index (χ1n) is 2.87. The molecule has 0 unspecified atom stereocenters. The Balaban J connectivity index is 3.29. The van der Waals surface area contributed by atoms with E-state index in [0.717, 1.165) is 0 Å². The molecule has 0 aromatic heterocycles. The van der Waals surface area contributed by atoms with E-state index in [1.165, 1.54) is 23.9 Å². The summed E-state index contributed by atoms with van der Waals surface area (Å²) in [7, 11) is 0. The second-order valence-corrected chi connectivity index (χ2v) is 3.58. The summed E-state index contributed by atoms with van der Waals surface area (Å²) in [6, 6.07) is 2.79. The maximum Gasteiger partial charge on any atom is 0.146 e. The number of phenols is 1. The zero-order valence-electron chi connectivity index (χ0n) is 5.77. The van der Waals surface area contributed by atoms with Crippen molar-refractivity contribution in [2.75, 3.05) is 6.26 Å². The molecule has 4 heteroatoms. The average Bonchev–Trinajstić information content (AvgIpc) is 1.99. The van der Waals surface area contributed by atoms with E-state index in [1.807, 2.05) is 0 Å². The highest BCUT2D eigenvalue weighted by atomic mass is 79.9. The lowest BCUT2D eigenvalue weighted by Crippen LogP contribution is -1.81. The molecule has 1 rings (SSSR count). The molecule has 0 heterocycles. The fourth-order valence-electron chi connectivity index (χ4n) is 0.717. The molecule has 1 aromatic rings. The van der Waals surface area contributed by atoms with Crippen molar-refractivity contribution in [3.8, 4) is 5.75 Å². The molecular weight excluding hydrogens is 231 g/mol. The van der Waals surface area contributed by atoms with Crippen molar-refractivity contribution in [1.29, 1.82) is 0 Å². The monoisotopic (exact) mass is 236 g/mol. The molecule has 0 aliphatic rings. The van der Waals surface area contributed by atoms with Crippen LogP contribution in [0.5, 0.6) is 5.75 Å². The van der Waals surface area contributed by atoms with Crippen molar-refractivity contribution < 1.29 is 9.50 Å². The van der Waals surface area contributed by atoms with E-state index < -0.39 is 5.82 Å². The number of hydrogen-bond acceptors (Lipinski definition) is 2. The summed E-state index contributed by atoms with van der Waals surface area (Å²) in [6.45, 7) is 0. The van der Waals surface area contributed by atoms with E-state index in [9.17, 15) is 9.50 Å². The third-order valence-corrected chi connectivity index (χ3v) is 2.67. The highest BCUT2D eigenvalue weighted by Gasteiger charge is 2.09. The molecule has 0 aliphatic heterocycles. The average molecular weight is 237 g/mol. The first-order valence-corrected chi connectivity index (χ1v) is 4.89. The first kappa shape index (κ1) is 8.87. The highest BCUT2D eigenvalue weighted by molar-refractivity contribution is 9.10. The van der Waals surface area contributed by atoms with Gasteiger partial charge in [-0.1, -0.05) is 0 Å². The molecule has 0 aliphatic carbocycles. The lowest BCUT2D eigenvalue weighted by Gasteiger charge is -2.03. The van der Waals surface area contributed by atoms with Gasteiger partial charge >= 0.3 is 0 Å². The predicted octanol–water partition coefficient (Wildman–Crippen LogP) is 3.02. The van der Waals surface area contributed by atoms with Gasteiger partial charge in [0.25, 0.3) is 0 Å². The molecule has 0 atom stereocenters. The van der Waals surface area contributed by atoms with Gasteiger partial charge in [-0.3, -0.25) is 0 Å². The molecule has 60 valence electrons. The summed E-state index contributed by atoms with van der Waals surface area (Å²) >= 11 is 4.27. The molecule has 11 heavy (non-hydrogen) atoms. The molecule has 0 radical (unpaired) electrons. The van der Waals surface area contributed by atoms with Gasteiger partial charge in [-0.15, -0.1) is 11.8 Å². The van der Waals surface area contributed by atoms with Crippen LogP contribution in [0, 0.1) is 5.82 Å². The molecule has 1 nitrogen and oxygen atoms in total. The quantitative estimate of drug-likeness (QED) is 0.757. The molecule has 1 aromatic carbocycles. The van der Waals surface area contributed by atoms with Gasteiger partial charge in [0.15, 0.2) is 0 Å². The van der Waals surface area contributed by atoms with E-state index in [1.54, 1.807) is 6.26 Å². The molecular formula is C7H6BrFOS. The van der Waals surface area contributed by atoms with Crippen molar-refractivity contribution in [3.05, 3.63) is 22.4 Å². The van der Waals surface area contributed by atoms with Crippen LogP contribution < -0.4 is 0 Å². The van der Waals surface area contributed by atoms with Gasteiger partial charge < -0.3 is 5.11 Å². The van der Waals surface area contributed by atoms with Gasteiger partial charge in [0, 0.05) is 0 Å². The van der Waals surface area contributed by atoms with Gasteiger partial charge in [-0.2, -0.15) is 0 Å². The van der Waals surface area contributed by atoms with Gasteiger partial charge in [0.2, 0.25) is 0 Å². The van der Waals surface area contributed by atoms with Gasteiger partial charge in [-0.25, -0.2) is 4.39 Å². The smallest absolute Gasteiger partial charge is 0.146 e. The van der Waals surface area contributed by atoms with E-state index >= 15 is 0 Å². The molecule has 1 N–H and O–H groups in total. The van der Waals surface area contributed by atoms with Crippen LogP contribution in [-0.4, -0.2) is 11.4 Å². The molecule has 0 saturated heterocycles. The van der Waals surface area contributed by atoms with Crippen molar-refractivity contribution in [2.24, 2.45) is 0 Å². The fraction of sp³-hybridized carbons (Fsp3) is 0.143. The van der Waals surface area contributed by atoms with E-state index in [-0.39, 0.29) is 10.6 Å². The number of halogens is 2. The van der Waals surface area contributed by atoms with Crippen molar-refractivity contribution >= 4 is 27.7 Å². The number of thioether (sulfide) groups is 1. The Morgan fingerprint density at radius 2 is 2.18 bits per heavy atom. The van der Waals surface area contributed by atoms with E-state index in [0.29, 0.717) is 4.47 Å². The number of aromatic hydroxyl groups is 1. The fourth-order valence-corrected chi connectivity index (χ4v) is 1.74. The normalized spacial score (nSPS) is 10.1. The largest absolute Gasteiger partial charge is 0.505 e. The van der Waals surface area contributed by atoms with E-state index in [4.69, 9.17) is 0 Å². The van der Waals surface area contributed by atoms with Crippen LogP contribution in [0.1, 0.15) is 0 Å². The summed E-state index contributed by atoms with van der Waals surface area (Å²) in [5, 5.41) is 9.27. The Hall–Kier alpha value is -0.220.